The molecule has 0 fully saturated rings. The first-order valence-corrected chi connectivity index (χ1v) is 6.52. The highest BCUT2D eigenvalue weighted by Crippen LogP contribution is 2.25. The number of ether oxygens (including phenoxy) is 1. The molecule has 0 unspecified atom stereocenters. The number of methoxy groups -OCH3 is 1. The van der Waals surface area contributed by atoms with Crippen molar-refractivity contribution in [3.63, 3.8) is 0 Å². The molecule has 0 radical (unpaired) electrons. The van der Waals surface area contributed by atoms with Gasteiger partial charge in [-0.1, -0.05) is 6.07 Å². The highest BCUT2D eigenvalue weighted by Gasteiger charge is 2.31. The molecule has 0 saturated carbocycles. The van der Waals surface area contributed by atoms with E-state index in [0.717, 1.165) is 6.07 Å². The number of aliphatic hydroxyl groups is 1. The molecule has 0 spiro atoms. The molecule has 0 aliphatic rings. The fourth-order valence-electron chi connectivity index (χ4n) is 1.28. The van der Waals surface area contributed by atoms with Gasteiger partial charge in [0.25, 0.3) is 0 Å². The van der Waals surface area contributed by atoms with Crippen LogP contribution in [0.2, 0.25) is 0 Å². The van der Waals surface area contributed by atoms with E-state index in [4.69, 9.17) is 9.84 Å². The van der Waals surface area contributed by atoms with E-state index >= 15 is 0 Å². The molecule has 0 amide bonds. The summed E-state index contributed by atoms with van der Waals surface area (Å²) in [4.78, 5) is -0.453. The summed E-state index contributed by atoms with van der Waals surface area (Å²) < 4.78 is 65.8. The topological polar surface area (TPSA) is 75.6 Å². The van der Waals surface area contributed by atoms with Crippen LogP contribution in [0, 0.1) is 0 Å². The third-order valence-electron chi connectivity index (χ3n) is 2.16. The van der Waals surface area contributed by atoms with Crippen LogP contribution in [0.15, 0.2) is 23.1 Å². The van der Waals surface area contributed by atoms with Crippen molar-refractivity contribution in [3.05, 3.63) is 23.8 Å². The van der Waals surface area contributed by atoms with E-state index in [1.165, 1.54) is 24.0 Å². The largest absolute Gasteiger partial charge is 0.495 e. The number of sulfonamides is 1. The van der Waals surface area contributed by atoms with E-state index in [2.05, 4.69) is 0 Å². The van der Waals surface area contributed by atoms with Gasteiger partial charge in [0, 0.05) is 0 Å². The maximum absolute atomic E-state index is 12.0. The summed E-state index contributed by atoms with van der Waals surface area (Å²) in [6.07, 6.45) is -4.66. The van der Waals surface area contributed by atoms with Gasteiger partial charge in [-0.2, -0.15) is 13.2 Å². The molecule has 0 saturated heterocycles. The maximum atomic E-state index is 12.0. The molecule has 0 bridgehead atoms. The van der Waals surface area contributed by atoms with Crippen molar-refractivity contribution in [2.24, 2.45) is 0 Å². The summed E-state index contributed by atoms with van der Waals surface area (Å²) in [5.74, 6) is -0.105. The van der Waals surface area contributed by atoms with Gasteiger partial charge in [0.15, 0.2) is 0 Å². The molecule has 19 heavy (non-hydrogen) atoms. The van der Waals surface area contributed by atoms with Crippen molar-refractivity contribution >= 4 is 10.0 Å². The predicted octanol–water partition coefficient (Wildman–Crippen LogP) is 1.03. The van der Waals surface area contributed by atoms with Crippen LogP contribution in [-0.4, -0.2) is 33.4 Å². The molecule has 0 aromatic heterocycles. The smallest absolute Gasteiger partial charge is 0.402 e. The maximum Gasteiger partial charge on any atom is 0.402 e. The Bertz CT molecular complexity index is 542. The van der Waals surface area contributed by atoms with E-state index in [0.29, 0.717) is 0 Å². The number of hydrogen-bond donors (Lipinski definition) is 2. The number of alkyl halides is 3. The number of halogens is 3. The molecule has 5 nitrogen and oxygen atoms in total. The van der Waals surface area contributed by atoms with Gasteiger partial charge >= 0.3 is 6.18 Å². The minimum atomic E-state index is -4.66. The fraction of sp³-hybridized carbons (Fsp3) is 0.400. The monoisotopic (exact) mass is 299 g/mol. The number of rotatable bonds is 5. The first-order valence-electron chi connectivity index (χ1n) is 5.04. The molecular weight excluding hydrogens is 287 g/mol. The summed E-state index contributed by atoms with van der Waals surface area (Å²) in [6, 6.07) is 3.72. The van der Waals surface area contributed by atoms with E-state index in [1.807, 2.05) is 0 Å². The van der Waals surface area contributed by atoms with Crippen molar-refractivity contribution in [3.8, 4) is 5.75 Å². The highest BCUT2D eigenvalue weighted by molar-refractivity contribution is 7.89. The molecule has 1 aromatic carbocycles. The lowest BCUT2D eigenvalue weighted by Gasteiger charge is -2.13. The lowest BCUT2D eigenvalue weighted by molar-refractivity contribution is -0.121. The van der Waals surface area contributed by atoms with Gasteiger partial charge in [-0.3, -0.25) is 0 Å². The quantitative estimate of drug-likeness (QED) is 0.851. The Morgan fingerprint density at radius 3 is 2.47 bits per heavy atom. The average molecular weight is 299 g/mol. The zero-order valence-electron chi connectivity index (χ0n) is 9.86. The Hall–Kier alpha value is -1.32. The summed E-state index contributed by atoms with van der Waals surface area (Å²) in [5.41, 5.74) is 0.244. The molecule has 9 heteroatoms. The van der Waals surface area contributed by atoms with Gasteiger partial charge < -0.3 is 9.84 Å². The van der Waals surface area contributed by atoms with Crippen LogP contribution in [0.1, 0.15) is 5.56 Å². The SMILES string of the molecule is COc1ccc(CO)cc1S(=O)(=O)NCC(F)(F)F. The minimum absolute atomic E-state index is 0.105. The van der Waals surface area contributed by atoms with Gasteiger partial charge in [-0.05, 0) is 17.7 Å². The summed E-state index contributed by atoms with van der Waals surface area (Å²) in [6.45, 7) is -2.12. The Kier molecular flexibility index (Phi) is 4.77. The van der Waals surface area contributed by atoms with Crippen molar-refractivity contribution < 1.29 is 31.4 Å². The molecular formula is C10H12F3NO4S. The van der Waals surface area contributed by atoms with Crippen molar-refractivity contribution in [2.75, 3.05) is 13.7 Å². The Labute approximate surface area is 108 Å². The first kappa shape index (κ1) is 15.7. The van der Waals surface area contributed by atoms with Crippen molar-refractivity contribution in [1.82, 2.24) is 4.72 Å². The molecule has 1 aromatic rings. The number of hydrogen-bond acceptors (Lipinski definition) is 4. The second-order valence-corrected chi connectivity index (χ2v) is 5.32. The molecule has 1 rings (SSSR count). The summed E-state index contributed by atoms with van der Waals surface area (Å²) in [5, 5.41) is 8.91. The second-order valence-electron chi connectivity index (χ2n) is 3.58. The van der Waals surface area contributed by atoms with Crippen LogP contribution >= 0.6 is 0 Å². The number of nitrogens with one attached hydrogen (secondary N) is 1. The Balaban J connectivity index is 3.12. The van der Waals surface area contributed by atoms with Gasteiger partial charge in [0.2, 0.25) is 10.0 Å². The van der Waals surface area contributed by atoms with Crippen LogP contribution < -0.4 is 9.46 Å². The zero-order valence-corrected chi connectivity index (χ0v) is 10.7. The molecule has 0 aliphatic carbocycles. The van der Waals surface area contributed by atoms with E-state index in [1.54, 1.807) is 0 Å². The summed E-state index contributed by atoms with van der Waals surface area (Å²) >= 11 is 0. The minimum Gasteiger partial charge on any atom is -0.495 e. The van der Waals surface area contributed by atoms with Gasteiger partial charge in [0.1, 0.15) is 17.2 Å². The third kappa shape index (κ3) is 4.37. The second kappa shape index (κ2) is 5.76. The fourth-order valence-corrected chi connectivity index (χ4v) is 2.52. The number of aliphatic hydroxyl groups excluding tert-OH is 1. The van der Waals surface area contributed by atoms with Crippen molar-refractivity contribution in [1.29, 1.82) is 0 Å². The molecule has 0 aliphatic heterocycles. The molecule has 0 heterocycles. The lowest BCUT2D eigenvalue weighted by atomic mass is 10.2. The molecule has 108 valence electrons. The standard InChI is InChI=1S/C10H12F3NO4S/c1-18-8-3-2-7(5-15)4-9(8)19(16,17)14-6-10(11,12)13/h2-4,14-15H,5-6H2,1H3. The number of benzene rings is 1. The van der Waals surface area contributed by atoms with Crippen LogP contribution in [-0.2, 0) is 16.6 Å². The van der Waals surface area contributed by atoms with E-state index < -0.39 is 34.2 Å². The summed E-state index contributed by atoms with van der Waals surface area (Å²) in [7, 11) is -3.18. The Morgan fingerprint density at radius 2 is 2.00 bits per heavy atom. The lowest BCUT2D eigenvalue weighted by Crippen LogP contribution is -2.34. The van der Waals surface area contributed by atoms with Crippen molar-refractivity contribution in [2.45, 2.75) is 17.7 Å². The van der Waals surface area contributed by atoms with E-state index in [9.17, 15) is 21.6 Å². The van der Waals surface area contributed by atoms with Crippen LogP contribution in [0.5, 0.6) is 5.75 Å². The van der Waals surface area contributed by atoms with Crippen LogP contribution in [0.3, 0.4) is 0 Å². The average Bonchev–Trinajstić information content (AvgIpc) is 2.35. The molecule has 0 atom stereocenters. The van der Waals surface area contributed by atoms with Gasteiger partial charge in [-0.15, -0.1) is 0 Å². The van der Waals surface area contributed by atoms with Crippen LogP contribution in [0.25, 0.3) is 0 Å². The molecule has 2 N–H and O–H groups in total. The zero-order chi connectivity index (χ0) is 14.7. The van der Waals surface area contributed by atoms with Gasteiger partial charge in [0.05, 0.1) is 13.7 Å². The normalized spacial score (nSPS) is 12.5. The highest BCUT2D eigenvalue weighted by atomic mass is 32.2. The van der Waals surface area contributed by atoms with Crippen LogP contribution in [0.4, 0.5) is 13.2 Å². The van der Waals surface area contributed by atoms with E-state index in [-0.39, 0.29) is 11.3 Å². The first-order chi connectivity index (χ1) is 8.69. The van der Waals surface area contributed by atoms with Gasteiger partial charge in [-0.25, -0.2) is 13.1 Å². The third-order valence-corrected chi connectivity index (χ3v) is 3.59. The predicted molar refractivity (Wildman–Crippen MR) is 60.2 cm³/mol. The Morgan fingerprint density at radius 1 is 1.37 bits per heavy atom.